The van der Waals surface area contributed by atoms with Gasteiger partial charge >= 0.3 is 12.0 Å². The lowest BCUT2D eigenvalue weighted by molar-refractivity contribution is -0.155. The first-order chi connectivity index (χ1) is 32.0. The van der Waals surface area contributed by atoms with Crippen molar-refractivity contribution in [3.8, 4) is 22.5 Å². The molecule has 1 aromatic carbocycles. The number of carbonyl (C=O) groups excluding carboxylic acids is 5. The molecule has 0 aliphatic carbocycles. The van der Waals surface area contributed by atoms with E-state index < -0.39 is 41.3 Å². The fourth-order valence-corrected chi connectivity index (χ4v) is 11.1. The van der Waals surface area contributed by atoms with Gasteiger partial charge in [0.05, 0.1) is 34.7 Å². The average Bonchev–Trinajstić information content (AvgIpc) is 3.99. The second kappa shape index (κ2) is 19.7. The largest absolute Gasteiger partial charge is 0.464 e. The van der Waals surface area contributed by atoms with Gasteiger partial charge < -0.3 is 34.6 Å². The molecule has 0 spiro atoms. The van der Waals surface area contributed by atoms with E-state index in [2.05, 4.69) is 79.5 Å². The number of cyclic esters (lactones) is 1. The fraction of sp³-hybridized carbons (Fsp3) is 0.580. The van der Waals surface area contributed by atoms with Crippen molar-refractivity contribution in [1.82, 2.24) is 50.3 Å². The van der Waals surface area contributed by atoms with E-state index in [0.29, 0.717) is 50.4 Å². The summed E-state index contributed by atoms with van der Waals surface area (Å²) in [7, 11) is 3.42. The number of fused-ring (bicyclic) bond motifs is 6. The molecule has 3 saturated heterocycles. The molecule has 4 aliphatic heterocycles. The van der Waals surface area contributed by atoms with Crippen LogP contribution in [0.3, 0.4) is 0 Å². The number of aryl methyl sites for hydroxylation is 1. The number of piperidine rings is 1. The van der Waals surface area contributed by atoms with Gasteiger partial charge in [-0.15, -0.1) is 11.3 Å². The molecule has 0 saturated carbocycles. The Morgan fingerprint density at radius 2 is 1.82 bits per heavy atom. The van der Waals surface area contributed by atoms with Gasteiger partial charge in [0.25, 0.3) is 5.91 Å². The number of hydrazine groups is 1. The molecule has 8 rings (SSSR count). The zero-order valence-electron chi connectivity index (χ0n) is 40.6. The van der Waals surface area contributed by atoms with Crippen LogP contribution in [-0.4, -0.2) is 141 Å². The van der Waals surface area contributed by atoms with Crippen LogP contribution in [0.1, 0.15) is 96.3 Å². The molecule has 5 atom stereocenters. The molecule has 0 radical (unpaired) electrons. The van der Waals surface area contributed by atoms with Crippen molar-refractivity contribution < 1.29 is 28.7 Å². The molecule has 5 amide bonds. The molecule has 3 N–H and O–H groups in total. The summed E-state index contributed by atoms with van der Waals surface area (Å²) in [5.74, 6) is -1.41. The average molecular weight is 937 g/mol. The van der Waals surface area contributed by atoms with Crippen LogP contribution in [0.2, 0.25) is 0 Å². The number of carbonyl (C=O) groups is 5. The topological polar surface area (TPSA) is 184 Å². The molecule has 6 bridgehead atoms. The molecule has 67 heavy (non-hydrogen) atoms. The van der Waals surface area contributed by atoms with Gasteiger partial charge in [0.15, 0.2) is 0 Å². The number of hydrogen-bond acceptors (Lipinski definition) is 11. The van der Waals surface area contributed by atoms with Crippen LogP contribution in [0, 0.1) is 11.3 Å². The summed E-state index contributed by atoms with van der Waals surface area (Å²) in [6.45, 7) is 17.2. The van der Waals surface area contributed by atoms with Gasteiger partial charge in [-0.2, -0.15) is 0 Å². The molecule has 16 nitrogen and oxygen atoms in total. The minimum absolute atomic E-state index is 0.0251. The van der Waals surface area contributed by atoms with Crippen molar-refractivity contribution >= 4 is 52.0 Å². The normalized spacial score (nSPS) is 22.6. The number of likely N-dealkylation sites (tertiary alicyclic amines) is 1. The number of hydrogen-bond donors (Lipinski definition) is 3. The number of likely N-dealkylation sites (N-methyl/N-ethyl adjacent to an activating group) is 2. The number of aromatic nitrogens is 3. The first-order valence-electron chi connectivity index (χ1n) is 24.1. The Kier molecular flexibility index (Phi) is 14.1. The Labute approximate surface area is 398 Å². The van der Waals surface area contributed by atoms with E-state index in [1.165, 1.54) is 21.2 Å². The molecule has 3 fully saturated rings. The molecule has 4 aromatic rings. The first kappa shape index (κ1) is 48.1. The third-order valence-electron chi connectivity index (χ3n) is 13.9. The summed E-state index contributed by atoms with van der Waals surface area (Å²) in [5.41, 5.74) is 9.82. The van der Waals surface area contributed by atoms with E-state index in [4.69, 9.17) is 14.7 Å². The third kappa shape index (κ3) is 10.1. The summed E-state index contributed by atoms with van der Waals surface area (Å²) in [6, 6.07) is 7.23. The number of nitrogens with one attached hydrogen (secondary N) is 3. The van der Waals surface area contributed by atoms with E-state index >= 15 is 0 Å². The van der Waals surface area contributed by atoms with Gasteiger partial charge in [0.2, 0.25) is 11.8 Å². The van der Waals surface area contributed by atoms with E-state index in [1.54, 1.807) is 23.9 Å². The van der Waals surface area contributed by atoms with Crippen LogP contribution in [0.15, 0.2) is 41.9 Å². The Morgan fingerprint density at radius 1 is 1.06 bits per heavy atom. The number of pyridine rings is 1. The first-order valence-corrected chi connectivity index (χ1v) is 25.0. The van der Waals surface area contributed by atoms with Gasteiger partial charge in [0, 0.05) is 98.3 Å². The summed E-state index contributed by atoms with van der Waals surface area (Å²) in [6.07, 6.45) is 5.10. The van der Waals surface area contributed by atoms with Crippen molar-refractivity contribution in [3.63, 3.8) is 0 Å². The molecule has 17 heteroatoms. The highest BCUT2D eigenvalue weighted by atomic mass is 32.1. The maximum Gasteiger partial charge on any atom is 0.324 e. The predicted octanol–water partition coefficient (Wildman–Crippen LogP) is 5.59. The molecule has 360 valence electrons. The highest BCUT2D eigenvalue weighted by Crippen LogP contribution is 2.42. The molecular formula is C50H68N10O6S. The van der Waals surface area contributed by atoms with Gasteiger partial charge in [0.1, 0.15) is 18.1 Å². The second-order valence-electron chi connectivity index (χ2n) is 20.3. The maximum absolute atomic E-state index is 14.7. The number of ether oxygens (including phenoxy) is 1. The quantitative estimate of drug-likeness (QED) is 0.141. The highest BCUT2D eigenvalue weighted by Gasteiger charge is 2.41. The minimum atomic E-state index is -1.07. The van der Waals surface area contributed by atoms with Crippen molar-refractivity contribution in [2.45, 2.75) is 130 Å². The number of urea groups is 1. The van der Waals surface area contributed by atoms with E-state index in [9.17, 15) is 24.0 Å². The van der Waals surface area contributed by atoms with Crippen molar-refractivity contribution in [1.29, 1.82) is 0 Å². The summed E-state index contributed by atoms with van der Waals surface area (Å²) in [5, 5.41) is 11.3. The lowest BCUT2D eigenvalue weighted by Crippen LogP contribution is -2.63. The molecule has 3 aromatic heterocycles. The summed E-state index contributed by atoms with van der Waals surface area (Å²) in [4.78, 5) is 85.2. The van der Waals surface area contributed by atoms with Crippen LogP contribution < -0.4 is 16.1 Å². The van der Waals surface area contributed by atoms with Crippen LogP contribution in [0.4, 0.5) is 4.79 Å². The standard InChI is InChI=1S/C50H68N10O6S/c1-10-59-40-18-17-31-22-34(40)35(44(59)33-15-11-19-51-42(33)29(2)3)24-50(6,7)28-66-48(64)36-16-13-21-60(55-36)47(63)37(23-41-53-39(31)27-67-41)54-45(61)43(30(4)5)57(9)49(65)58-20-12-14-32(26-58)56(8)46(62)38-25-52-38/h11,15,17-19,22,27,29-30,32,36-38,43,52,55H,10,12-14,16,20-21,23-26,28H2,1-9H3,(H,54,61)/t32-,36+,37+,38+,43+/m1/s1. The third-order valence-corrected chi connectivity index (χ3v) is 14.7. The number of benzene rings is 1. The van der Waals surface area contributed by atoms with Crippen LogP contribution in [-0.2, 0) is 43.3 Å². The summed E-state index contributed by atoms with van der Waals surface area (Å²) >= 11 is 1.42. The Morgan fingerprint density at radius 3 is 2.54 bits per heavy atom. The Hall–Kier alpha value is -5.39. The fourth-order valence-electron chi connectivity index (χ4n) is 10.2. The maximum atomic E-state index is 14.7. The highest BCUT2D eigenvalue weighted by molar-refractivity contribution is 7.10. The molecule has 7 heterocycles. The van der Waals surface area contributed by atoms with Gasteiger partial charge in [-0.3, -0.25) is 29.2 Å². The Bertz CT molecular complexity index is 2510. The predicted molar refractivity (Wildman–Crippen MR) is 259 cm³/mol. The monoisotopic (exact) mass is 937 g/mol. The number of esters is 1. The number of thiazole rings is 1. The van der Waals surface area contributed by atoms with Crippen molar-refractivity contribution in [3.05, 3.63) is 58.2 Å². The minimum Gasteiger partial charge on any atom is -0.464 e. The smallest absolute Gasteiger partial charge is 0.324 e. The van der Waals surface area contributed by atoms with Crippen molar-refractivity contribution in [2.24, 2.45) is 11.3 Å². The zero-order valence-corrected chi connectivity index (χ0v) is 41.4. The lowest BCUT2D eigenvalue weighted by Gasteiger charge is -2.41. The van der Waals surface area contributed by atoms with Gasteiger partial charge in [-0.1, -0.05) is 47.6 Å². The van der Waals surface area contributed by atoms with Gasteiger partial charge in [-0.25, -0.2) is 15.2 Å². The van der Waals surface area contributed by atoms with Gasteiger partial charge in [-0.05, 0) is 80.7 Å². The summed E-state index contributed by atoms with van der Waals surface area (Å²) < 4.78 is 8.49. The van der Waals surface area contributed by atoms with Crippen molar-refractivity contribution in [2.75, 3.05) is 46.9 Å². The van der Waals surface area contributed by atoms with Crippen LogP contribution in [0.5, 0.6) is 0 Å². The molecule has 4 aliphatic rings. The van der Waals surface area contributed by atoms with Crippen LogP contribution in [0.25, 0.3) is 33.4 Å². The lowest BCUT2D eigenvalue weighted by atomic mass is 9.84. The molecular weight excluding hydrogens is 869 g/mol. The SMILES string of the molecule is CCn1c(-c2cccnc2C(C)C)c2c3cc(ccc31)-c1csc(n1)C[C@H](NC(=O)[C@H](C(C)C)N(C)C(=O)N1CCC[C@@H](N(C)C(=O)[C@@H]3CN3)C1)C(=O)N1CCC[C@H](N1)C(=O)OCC(C)(C)C2. The number of rotatable bonds is 9. The number of amides is 5. The molecule has 0 unspecified atom stereocenters. The Balaban J connectivity index is 1.12. The van der Waals surface area contributed by atoms with Crippen LogP contribution >= 0.6 is 11.3 Å². The van der Waals surface area contributed by atoms with E-state index in [-0.39, 0.29) is 48.9 Å². The van der Waals surface area contributed by atoms with E-state index in [0.717, 1.165) is 64.1 Å². The zero-order chi connectivity index (χ0) is 47.9. The second-order valence-corrected chi connectivity index (χ2v) is 21.2. The van der Waals surface area contributed by atoms with E-state index in [1.807, 2.05) is 31.5 Å². The number of nitrogens with zero attached hydrogens (tertiary/aromatic N) is 7.